The number of hydrogen-bond acceptors (Lipinski definition) is 11. The monoisotopic (exact) mass is 519 g/mol. The molecule has 3 aromatic rings. The van der Waals surface area contributed by atoms with Crippen LogP contribution < -0.4 is 19.9 Å². The lowest BCUT2D eigenvalue weighted by Gasteiger charge is -2.38. The van der Waals surface area contributed by atoms with E-state index in [4.69, 9.17) is 9.72 Å². The van der Waals surface area contributed by atoms with Crippen LogP contribution in [0.4, 0.5) is 34.6 Å². The topological polar surface area (TPSA) is 126 Å². The lowest BCUT2D eigenvalue weighted by molar-refractivity contribution is -0.384. The molecule has 3 heterocycles. The molecule has 12 nitrogen and oxygen atoms in total. The van der Waals surface area contributed by atoms with Crippen molar-refractivity contribution in [1.29, 1.82) is 0 Å². The number of aromatic nitrogens is 4. The molecule has 1 N–H and O–H groups in total. The van der Waals surface area contributed by atoms with Crippen molar-refractivity contribution >= 4 is 34.6 Å². The third kappa shape index (κ3) is 4.67. The Labute approximate surface area is 221 Å². The summed E-state index contributed by atoms with van der Waals surface area (Å²) in [7, 11) is 7.28. The summed E-state index contributed by atoms with van der Waals surface area (Å²) in [5, 5.41) is 15.1. The van der Waals surface area contributed by atoms with E-state index < -0.39 is 0 Å². The van der Waals surface area contributed by atoms with Gasteiger partial charge in [-0.15, -0.1) is 0 Å². The first kappa shape index (κ1) is 25.6. The number of anilines is 5. The normalized spacial score (nSPS) is 15.4. The van der Waals surface area contributed by atoms with Gasteiger partial charge in [0.05, 0.1) is 29.1 Å². The van der Waals surface area contributed by atoms with Crippen LogP contribution in [0.15, 0.2) is 30.6 Å². The second kappa shape index (κ2) is 10.0. The molecule has 0 unspecified atom stereocenters. The first-order chi connectivity index (χ1) is 18.2. The predicted molar refractivity (Wildman–Crippen MR) is 146 cm³/mol. The first-order valence-electron chi connectivity index (χ1n) is 12.6. The van der Waals surface area contributed by atoms with Gasteiger partial charge in [-0.3, -0.25) is 15.1 Å². The van der Waals surface area contributed by atoms with E-state index in [0.29, 0.717) is 29.6 Å². The van der Waals surface area contributed by atoms with E-state index in [1.54, 1.807) is 6.07 Å². The molecular formula is C26H33N9O3. The third-order valence-corrected chi connectivity index (χ3v) is 7.41. The number of nitrogens with one attached hydrogen (secondary N) is 1. The van der Waals surface area contributed by atoms with Gasteiger partial charge in [0.15, 0.2) is 0 Å². The standard InChI is InChI=1S/C26H33N9O3/c1-17-7-8-19-23(29-17)26(9-6-10-26)15-34(19)25-28-16-27-24(31-25)30-18-13-21(35(36)37)20(14-22(18)38-5)33(4)12-11-32(2)3/h7-8,13-14,16H,6,9-12,15H2,1-5H3,(H,27,28,30,31). The summed E-state index contributed by atoms with van der Waals surface area (Å²) >= 11 is 0. The average Bonchev–Trinajstić information content (AvgIpc) is 3.22. The first-order valence-corrected chi connectivity index (χ1v) is 12.6. The van der Waals surface area contributed by atoms with Gasteiger partial charge in [0.1, 0.15) is 17.8 Å². The largest absolute Gasteiger partial charge is 0.494 e. The van der Waals surface area contributed by atoms with Gasteiger partial charge in [-0.1, -0.05) is 6.42 Å². The van der Waals surface area contributed by atoms with E-state index >= 15 is 0 Å². The Kier molecular flexibility index (Phi) is 6.74. The van der Waals surface area contributed by atoms with E-state index in [1.165, 1.54) is 25.9 Å². The quantitative estimate of drug-likeness (QED) is 0.328. The molecule has 2 aromatic heterocycles. The second-order valence-corrected chi connectivity index (χ2v) is 10.3. The number of fused-ring (bicyclic) bond motifs is 2. The molecule has 200 valence electrons. The Morgan fingerprint density at radius 1 is 1.16 bits per heavy atom. The van der Waals surface area contributed by atoms with Crippen molar-refractivity contribution < 1.29 is 9.66 Å². The highest BCUT2D eigenvalue weighted by atomic mass is 16.6. The minimum Gasteiger partial charge on any atom is -0.494 e. The Hall–Kier alpha value is -4.06. The van der Waals surface area contributed by atoms with E-state index in [9.17, 15) is 10.1 Å². The van der Waals surface area contributed by atoms with E-state index in [2.05, 4.69) is 31.2 Å². The fraction of sp³-hybridized carbons (Fsp3) is 0.462. The van der Waals surface area contributed by atoms with E-state index in [1.807, 2.05) is 43.9 Å². The van der Waals surface area contributed by atoms with Crippen molar-refractivity contribution in [2.75, 3.05) is 63.0 Å². The summed E-state index contributed by atoms with van der Waals surface area (Å²) in [4.78, 5) is 35.8. The van der Waals surface area contributed by atoms with Crippen LogP contribution in [0.5, 0.6) is 5.75 Å². The summed E-state index contributed by atoms with van der Waals surface area (Å²) in [5.74, 6) is 1.23. The van der Waals surface area contributed by atoms with Crippen LogP contribution >= 0.6 is 0 Å². The summed E-state index contributed by atoms with van der Waals surface area (Å²) in [6, 6.07) is 7.22. The van der Waals surface area contributed by atoms with Crippen LogP contribution in [0.1, 0.15) is 30.7 Å². The number of benzene rings is 1. The summed E-state index contributed by atoms with van der Waals surface area (Å²) in [6.45, 7) is 4.15. The highest BCUT2D eigenvalue weighted by molar-refractivity contribution is 5.77. The van der Waals surface area contributed by atoms with Crippen LogP contribution in [0.3, 0.4) is 0 Å². The van der Waals surface area contributed by atoms with Gasteiger partial charge < -0.3 is 24.8 Å². The van der Waals surface area contributed by atoms with Crippen LogP contribution in [0.2, 0.25) is 0 Å². The molecule has 1 aliphatic carbocycles. The summed E-state index contributed by atoms with van der Waals surface area (Å²) < 4.78 is 5.59. The van der Waals surface area contributed by atoms with Crippen LogP contribution in [-0.2, 0) is 5.41 Å². The maximum Gasteiger partial charge on any atom is 0.294 e. The molecule has 0 bridgehead atoms. The van der Waals surface area contributed by atoms with Gasteiger partial charge in [0.25, 0.3) is 5.69 Å². The molecule has 1 saturated carbocycles. The number of likely N-dealkylation sites (N-methyl/N-ethyl adjacent to an activating group) is 2. The summed E-state index contributed by atoms with van der Waals surface area (Å²) in [6.07, 6.45) is 4.83. The van der Waals surface area contributed by atoms with Crippen molar-refractivity contribution in [2.45, 2.75) is 31.6 Å². The molecule has 5 rings (SSSR count). The maximum absolute atomic E-state index is 12.0. The highest BCUT2D eigenvalue weighted by Gasteiger charge is 2.49. The molecule has 0 amide bonds. The molecule has 2 aliphatic rings. The molecule has 0 saturated heterocycles. The zero-order chi connectivity index (χ0) is 27.0. The van der Waals surface area contributed by atoms with E-state index in [0.717, 1.165) is 43.0 Å². The number of nitro groups is 1. The maximum atomic E-state index is 12.0. The molecule has 1 spiro atoms. The Morgan fingerprint density at radius 2 is 1.95 bits per heavy atom. The number of pyridine rings is 1. The lowest BCUT2D eigenvalue weighted by Crippen LogP contribution is -2.39. The minimum atomic E-state index is -0.390. The SMILES string of the molecule is COc1cc(N(C)CCN(C)C)c([N+](=O)[O-])cc1Nc1ncnc(N2CC3(CCC3)c3nc(C)ccc32)n1. The van der Waals surface area contributed by atoms with E-state index in [-0.39, 0.29) is 22.0 Å². The van der Waals surface area contributed by atoms with Gasteiger partial charge in [-0.2, -0.15) is 4.98 Å². The Balaban J connectivity index is 1.45. The molecule has 1 aromatic carbocycles. The predicted octanol–water partition coefficient (Wildman–Crippen LogP) is 3.81. The zero-order valence-corrected chi connectivity index (χ0v) is 22.4. The van der Waals surface area contributed by atoms with Gasteiger partial charge in [-0.05, 0) is 46.0 Å². The highest BCUT2D eigenvalue weighted by Crippen LogP contribution is 2.53. The summed E-state index contributed by atoms with van der Waals surface area (Å²) in [5.41, 5.74) is 4.01. The fourth-order valence-corrected chi connectivity index (χ4v) is 5.14. The lowest BCUT2D eigenvalue weighted by atomic mass is 9.67. The van der Waals surface area contributed by atoms with Crippen molar-refractivity contribution in [3.63, 3.8) is 0 Å². The minimum absolute atomic E-state index is 0.0364. The molecule has 0 atom stereocenters. The van der Waals surface area contributed by atoms with Gasteiger partial charge >= 0.3 is 0 Å². The second-order valence-electron chi connectivity index (χ2n) is 10.3. The zero-order valence-electron chi connectivity index (χ0n) is 22.4. The number of ether oxygens (including phenoxy) is 1. The fourth-order valence-electron chi connectivity index (χ4n) is 5.14. The van der Waals surface area contributed by atoms with Crippen LogP contribution in [0.25, 0.3) is 0 Å². The Bertz CT molecular complexity index is 1360. The van der Waals surface area contributed by atoms with Crippen molar-refractivity contribution in [3.8, 4) is 5.75 Å². The number of hydrogen-bond donors (Lipinski definition) is 1. The molecule has 12 heteroatoms. The van der Waals surface area contributed by atoms with Gasteiger partial charge in [-0.25, -0.2) is 9.97 Å². The van der Waals surface area contributed by atoms with Crippen molar-refractivity contribution in [2.24, 2.45) is 0 Å². The molecule has 0 radical (unpaired) electrons. The number of aryl methyl sites for hydroxylation is 1. The molecule has 1 fully saturated rings. The molecule has 38 heavy (non-hydrogen) atoms. The van der Waals surface area contributed by atoms with Crippen LogP contribution in [-0.4, -0.2) is 77.6 Å². The van der Waals surface area contributed by atoms with Crippen LogP contribution in [0, 0.1) is 17.0 Å². The number of nitrogens with zero attached hydrogens (tertiary/aromatic N) is 8. The average molecular weight is 520 g/mol. The smallest absolute Gasteiger partial charge is 0.294 e. The molecule has 1 aliphatic heterocycles. The molecular weight excluding hydrogens is 486 g/mol. The third-order valence-electron chi connectivity index (χ3n) is 7.41. The van der Waals surface area contributed by atoms with Crippen molar-refractivity contribution in [1.82, 2.24) is 24.8 Å². The van der Waals surface area contributed by atoms with Gasteiger partial charge in [0.2, 0.25) is 11.9 Å². The number of rotatable bonds is 9. The van der Waals surface area contributed by atoms with Crippen molar-refractivity contribution in [3.05, 3.63) is 52.1 Å². The Morgan fingerprint density at radius 3 is 2.61 bits per heavy atom. The van der Waals surface area contributed by atoms with Gasteiger partial charge in [0, 0.05) is 49.9 Å². The number of nitro benzene ring substituents is 1. The number of methoxy groups -OCH3 is 1.